The molecular weight excluding hydrogens is 516 g/mol. The molecule has 8 heteroatoms. The van der Waals surface area contributed by atoms with Crippen molar-refractivity contribution in [3.63, 3.8) is 0 Å². The van der Waals surface area contributed by atoms with Crippen molar-refractivity contribution in [1.82, 2.24) is 19.6 Å². The van der Waals surface area contributed by atoms with Gasteiger partial charge in [0.2, 0.25) is 0 Å². The van der Waals surface area contributed by atoms with Crippen molar-refractivity contribution in [2.24, 2.45) is 0 Å². The van der Waals surface area contributed by atoms with E-state index in [2.05, 4.69) is 10.2 Å². The van der Waals surface area contributed by atoms with E-state index < -0.39 is 0 Å². The summed E-state index contributed by atoms with van der Waals surface area (Å²) in [7, 11) is 0. The van der Waals surface area contributed by atoms with Crippen molar-refractivity contribution >= 4 is 5.97 Å². The monoisotopic (exact) mass is 550 g/mol. The number of carbonyl (C=O) groups is 1. The molecule has 0 saturated carbocycles. The van der Waals surface area contributed by atoms with Gasteiger partial charge in [0, 0.05) is 23.5 Å². The van der Waals surface area contributed by atoms with E-state index in [0.717, 1.165) is 33.4 Å². The minimum atomic E-state index is -0.362. The fraction of sp³-hybridized carbons (Fsp3) is 0.242. The highest BCUT2D eigenvalue weighted by Crippen LogP contribution is 2.30. The standard InChI is InChI=1S/C33H34N4O4/c1-2-41-33(38)31-14-13-28(29-20-34-36(22-29)15-17-39-24-26-9-5-3-6-10-26)19-32(31)30-21-35-37(23-30)16-18-40-25-27-11-7-4-8-12-27/h3-14,19-23H,2,15-18,24-25H2,1H3. The van der Waals surface area contributed by atoms with Crippen LogP contribution in [0.5, 0.6) is 0 Å². The molecule has 0 N–H and O–H groups in total. The molecule has 0 atom stereocenters. The van der Waals surface area contributed by atoms with Gasteiger partial charge in [0.15, 0.2) is 0 Å². The molecule has 0 bridgehead atoms. The Hall–Kier alpha value is -4.53. The zero-order chi connectivity index (χ0) is 28.3. The number of carbonyl (C=O) groups excluding carboxylic acids is 1. The molecule has 5 rings (SSSR count). The molecule has 0 amide bonds. The maximum atomic E-state index is 12.8. The lowest BCUT2D eigenvalue weighted by Crippen LogP contribution is -2.07. The Kier molecular flexibility index (Phi) is 9.71. The van der Waals surface area contributed by atoms with E-state index in [0.29, 0.717) is 51.7 Å². The Balaban J connectivity index is 1.25. The topological polar surface area (TPSA) is 80.4 Å². The molecule has 0 aliphatic rings. The maximum absolute atomic E-state index is 12.8. The molecule has 0 aliphatic carbocycles. The first kappa shape index (κ1) is 28.0. The van der Waals surface area contributed by atoms with E-state index >= 15 is 0 Å². The number of hydrogen-bond donors (Lipinski definition) is 0. The highest BCUT2D eigenvalue weighted by molar-refractivity contribution is 5.98. The predicted octanol–water partition coefficient (Wildman–Crippen LogP) is 6.02. The Morgan fingerprint density at radius 2 is 1.27 bits per heavy atom. The van der Waals surface area contributed by atoms with Crippen molar-refractivity contribution < 1.29 is 19.0 Å². The third-order valence-corrected chi connectivity index (χ3v) is 6.58. The number of aromatic nitrogens is 4. The summed E-state index contributed by atoms with van der Waals surface area (Å²) < 4.78 is 20.7. The highest BCUT2D eigenvalue weighted by atomic mass is 16.5. The van der Waals surface area contributed by atoms with Gasteiger partial charge in [0.1, 0.15) is 0 Å². The molecular formula is C33H34N4O4. The van der Waals surface area contributed by atoms with Crippen molar-refractivity contribution in [3.8, 4) is 22.3 Å². The van der Waals surface area contributed by atoms with Gasteiger partial charge >= 0.3 is 5.97 Å². The first-order valence-corrected chi connectivity index (χ1v) is 13.8. The van der Waals surface area contributed by atoms with Crippen LogP contribution in [0, 0.1) is 0 Å². The van der Waals surface area contributed by atoms with Gasteiger partial charge in [0.05, 0.1) is 64.1 Å². The molecule has 2 heterocycles. The molecule has 210 valence electrons. The molecule has 3 aromatic carbocycles. The van der Waals surface area contributed by atoms with Crippen LogP contribution in [0.2, 0.25) is 0 Å². The molecule has 0 saturated heterocycles. The molecule has 0 aliphatic heterocycles. The lowest BCUT2D eigenvalue weighted by atomic mass is 9.97. The van der Waals surface area contributed by atoms with E-state index in [4.69, 9.17) is 14.2 Å². The molecule has 41 heavy (non-hydrogen) atoms. The predicted molar refractivity (Wildman–Crippen MR) is 157 cm³/mol. The number of nitrogens with zero attached hydrogens (tertiary/aromatic N) is 4. The quantitative estimate of drug-likeness (QED) is 0.124. The number of benzene rings is 3. The van der Waals surface area contributed by atoms with Crippen molar-refractivity contribution in [1.29, 1.82) is 0 Å². The third kappa shape index (κ3) is 7.78. The summed E-state index contributed by atoms with van der Waals surface area (Å²) in [5.74, 6) is -0.362. The lowest BCUT2D eigenvalue weighted by molar-refractivity contribution is 0.0527. The van der Waals surface area contributed by atoms with Gasteiger partial charge in [0.25, 0.3) is 0 Å². The molecule has 2 aromatic heterocycles. The van der Waals surface area contributed by atoms with Gasteiger partial charge in [-0.15, -0.1) is 0 Å². The molecule has 0 radical (unpaired) electrons. The highest BCUT2D eigenvalue weighted by Gasteiger charge is 2.17. The minimum absolute atomic E-state index is 0.303. The average molecular weight is 551 g/mol. The normalized spacial score (nSPS) is 11.0. The summed E-state index contributed by atoms with van der Waals surface area (Å²) in [6.07, 6.45) is 7.52. The van der Waals surface area contributed by atoms with Gasteiger partial charge < -0.3 is 14.2 Å². The van der Waals surface area contributed by atoms with Crippen LogP contribution in [0.25, 0.3) is 22.3 Å². The second-order valence-electron chi connectivity index (χ2n) is 9.54. The SMILES string of the molecule is CCOC(=O)c1ccc(-c2cnn(CCOCc3ccccc3)c2)cc1-c1cnn(CCOCc2ccccc2)c1. The van der Waals surface area contributed by atoms with Crippen molar-refractivity contribution in [3.05, 3.63) is 120 Å². The van der Waals surface area contributed by atoms with Crippen LogP contribution in [0.15, 0.2) is 104 Å². The summed E-state index contributed by atoms with van der Waals surface area (Å²) >= 11 is 0. The van der Waals surface area contributed by atoms with Gasteiger partial charge in [-0.3, -0.25) is 9.36 Å². The van der Waals surface area contributed by atoms with Crippen molar-refractivity contribution in [2.75, 3.05) is 19.8 Å². The average Bonchev–Trinajstić information content (AvgIpc) is 3.69. The van der Waals surface area contributed by atoms with Crippen LogP contribution in [0.1, 0.15) is 28.4 Å². The summed E-state index contributed by atoms with van der Waals surface area (Å²) in [5.41, 5.74) is 6.27. The molecule has 5 aromatic rings. The maximum Gasteiger partial charge on any atom is 0.338 e. The first-order valence-electron chi connectivity index (χ1n) is 13.8. The smallest absolute Gasteiger partial charge is 0.338 e. The zero-order valence-electron chi connectivity index (χ0n) is 23.2. The number of hydrogen-bond acceptors (Lipinski definition) is 6. The van der Waals surface area contributed by atoms with E-state index in [1.807, 2.05) is 107 Å². The molecule has 8 nitrogen and oxygen atoms in total. The van der Waals surface area contributed by atoms with Crippen LogP contribution >= 0.6 is 0 Å². The van der Waals surface area contributed by atoms with Crippen LogP contribution in [-0.2, 0) is 40.5 Å². The molecule has 0 fully saturated rings. The first-order chi connectivity index (χ1) is 20.2. The van der Waals surface area contributed by atoms with Gasteiger partial charge in [-0.25, -0.2) is 4.79 Å². The Morgan fingerprint density at radius 3 is 1.85 bits per heavy atom. The molecule has 0 spiro atoms. The van der Waals surface area contributed by atoms with Gasteiger partial charge in [-0.2, -0.15) is 10.2 Å². The van der Waals surface area contributed by atoms with E-state index in [-0.39, 0.29) is 5.97 Å². The van der Waals surface area contributed by atoms with Crippen LogP contribution in [-0.4, -0.2) is 45.4 Å². The number of esters is 1. The molecule has 0 unspecified atom stereocenters. The third-order valence-electron chi connectivity index (χ3n) is 6.58. The largest absolute Gasteiger partial charge is 0.462 e. The fourth-order valence-corrected chi connectivity index (χ4v) is 4.45. The second kappa shape index (κ2) is 14.2. The van der Waals surface area contributed by atoms with Gasteiger partial charge in [-0.05, 0) is 41.3 Å². The second-order valence-corrected chi connectivity index (χ2v) is 9.54. The van der Waals surface area contributed by atoms with E-state index in [9.17, 15) is 4.79 Å². The number of ether oxygens (including phenoxy) is 3. The zero-order valence-corrected chi connectivity index (χ0v) is 23.2. The summed E-state index contributed by atoms with van der Waals surface area (Å²) in [5, 5.41) is 9.02. The Morgan fingerprint density at radius 1 is 0.707 bits per heavy atom. The van der Waals surface area contributed by atoms with Crippen LogP contribution in [0.3, 0.4) is 0 Å². The number of rotatable bonds is 14. The summed E-state index contributed by atoms with van der Waals surface area (Å²) in [6, 6.07) is 25.9. The van der Waals surface area contributed by atoms with E-state index in [1.165, 1.54) is 0 Å². The van der Waals surface area contributed by atoms with E-state index in [1.54, 1.807) is 13.1 Å². The lowest BCUT2D eigenvalue weighted by Gasteiger charge is -2.10. The Bertz CT molecular complexity index is 1530. The summed E-state index contributed by atoms with van der Waals surface area (Å²) in [6.45, 7) is 5.54. The fourth-order valence-electron chi connectivity index (χ4n) is 4.45. The van der Waals surface area contributed by atoms with Crippen molar-refractivity contribution in [2.45, 2.75) is 33.2 Å². The van der Waals surface area contributed by atoms with Crippen LogP contribution in [0.4, 0.5) is 0 Å². The summed E-state index contributed by atoms with van der Waals surface area (Å²) in [4.78, 5) is 12.8. The Labute approximate surface area is 240 Å². The van der Waals surface area contributed by atoms with Crippen LogP contribution < -0.4 is 0 Å². The van der Waals surface area contributed by atoms with Gasteiger partial charge in [-0.1, -0.05) is 66.7 Å². The minimum Gasteiger partial charge on any atom is -0.462 e.